The number of rotatable bonds is 0. The Balaban J connectivity index is 2.73. The van der Waals surface area contributed by atoms with E-state index >= 15 is 0 Å². The Labute approximate surface area is 69.7 Å². The lowest BCUT2D eigenvalue weighted by molar-refractivity contribution is 0.492. The fraction of sp³-hybridized carbons (Fsp3) is 0.571. The Kier molecular flexibility index (Phi) is 2.49. The summed E-state index contributed by atoms with van der Waals surface area (Å²) in [6, 6.07) is 0. The van der Waals surface area contributed by atoms with Crippen molar-refractivity contribution in [1.82, 2.24) is 5.01 Å². The molecule has 0 aromatic carbocycles. The Morgan fingerprint density at radius 3 is 3.20 bits per heavy atom. The molecular weight excluding hydrogens is 192 g/mol. The van der Waals surface area contributed by atoms with Gasteiger partial charge in [-0.1, -0.05) is 22.9 Å². The topological polar surface area (TPSA) is 15.6 Å². The molecular formula is C7H11BrN2. The van der Waals surface area contributed by atoms with E-state index in [9.17, 15) is 0 Å². The van der Waals surface area contributed by atoms with Crippen LogP contribution in [0, 0.1) is 5.92 Å². The second-order valence-corrected chi connectivity index (χ2v) is 3.44. The second-order valence-electron chi connectivity index (χ2n) is 2.52. The molecule has 0 bridgehead atoms. The molecule has 0 spiro atoms. The minimum atomic E-state index is 0.564. The first-order valence-electron chi connectivity index (χ1n) is 3.32. The Morgan fingerprint density at radius 2 is 2.50 bits per heavy atom. The molecule has 1 heterocycles. The summed E-state index contributed by atoms with van der Waals surface area (Å²) >= 11 is 3.48. The molecule has 3 heteroatoms. The summed E-state index contributed by atoms with van der Waals surface area (Å²) in [6.45, 7) is 2.17. The van der Waals surface area contributed by atoms with Crippen molar-refractivity contribution in [2.75, 3.05) is 7.05 Å². The molecule has 0 fully saturated rings. The lowest BCUT2D eigenvalue weighted by Gasteiger charge is -2.06. The van der Waals surface area contributed by atoms with E-state index in [0.29, 0.717) is 5.92 Å². The van der Waals surface area contributed by atoms with Crippen LogP contribution in [0.3, 0.4) is 0 Å². The largest absolute Gasteiger partial charge is 0.275 e. The van der Waals surface area contributed by atoms with Crippen LogP contribution in [0.1, 0.15) is 13.3 Å². The van der Waals surface area contributed by atoms with Crippen LogP contribution in [0.15, 0.2) is 15.8 Å². The number of hydrogen-bond acceptors (Lipinski definition) is 2. The van der Waals surface area contributed by atoms with Gasteiger partial charge in [-0.15, -0.1) is 0 Å². The third kappa shape index (κ3) is 1.84. The maximum Gasteiger partial charge on any atom is 0.0332 e. The first-order valence-corrected chi connectivity index (χ1v) is 4.12. The van der Waals surface area contributed by atoms with Gasteiger partial charge in [0.2, 0.25) is 0 Å². The van der Waals surface area contributed by atoms with E-state index in [1.54, 1.807) is 0 Å². The SMILES string of the molecule is CC1CC=NN(C)C=C1Br. The van der Waals surface area contributed by atoms with Gasteiger partial charge in [0.1, 0.15) is 0 Å². The van der Waals surface area contributed by atoms with Crippen LogP contribution >= 0.6 is 15.9 Å². The van der Waals surface area contributed by atoms with E-state index in [1.807, 2.05) is 24.5 Å². The van der Waals surface area contributed by atoms with Crippen LogP contribution in [0.25, 0.3) is 0 Å². The standard InChI is InChI=1S/C7H11BrN2/c1-6-3-4-9-10(2)5-7(6)8/h4-6H,3H2,1-2H3. The predicted molar refractivity (Wildman–Crippen MR) is 47.0 cm³/mol. The van der Waals surface area contributed by atoms with E-state index in [2.05, 4.69) is 28.0 Å². The van der Waals surface area contributed by atoms with Gasteiger partial charge in [-0.2, -0.15) is 5.10 Å². The highest BCUT2D eigenvalue weighted by atomic mass is 79.9. The zero-order valence-corrected chi connectivity index (χ0v) is 7.80. The minimum Gasteiger partial charge on any atom is -0.275 e. The summed E-state index contributed by atoms with van der Waals surface area (Å²) in [6.07, 6.45) is 4.95. The lowest BCUT2D eigenvalue weighted by atomic mass is 10.1. The average Bonchev–Trinajstić information content (AvgIpc) is 1.96. The normalized spacial score (nSPS) is 26.1. The number of halogens is 1. The van der Waals surface area contributed by atoms with E-state index in [-0.39, 0.29) is 0 Å². The van der Waals surface area contributed by atoms with E-state index in [0.717, 1.165) is 6.42 Å². The van der Waals surface area contributed by atoms with Crippen LogP contribution in [0.5, 0.6) is 0 Å². The summed E-state index contributed by atoms with van der Waals surface area (Å²) in [5.74, 6) is 0.564. The highest BCUT2D eigenvalue weighted by Crippen LogP contribution is 2.21. The van der Waals surface area contributed by atoms with Gasteiger partial charge in [0, 0.05) is 23.9 Å². The molecule has 1 rings (SSSR count). The van der Waals surface area contributed by atoms with Crippen LogP contribution in [-0.2, 0) is 0 Å². The van der Waals surface area contributed by atoms with Crippen LogP contribution in [-0.4, -0.2) is 18.3 Å². The van der Waals surface area contributed by atoms with Crippen LogP contribution in [0.4, 0.5) is 0 Å². The molecule has 1 unspecified atom stereocenters. The molecule has 2 nitrogen and oxygen atoms in total. The molecule has 0 saturated carbocycles. The lowest BCUT2D eigenvalue weighted by Crippen LogP contribution is -1.99. The monoisotopic (exact) mass is 202 g/mol. The van der Waals surface area contributed by atoms with Gasteiger partial charge in [0.05, 0.1) is 0 Å². The molecule has 56 valence electrons. The molecule has 0 amide bonds. The summed E-state index contributed by atoms with van der Waals surface area (Å²) in [5.41, 5.74) is 0. The zero-order valence-electron chi connectivity index (χ0n) is 6.21. The molecule has 0 aliphatic carbocycles. The van der Waals surface area contributed by atoms with Crippen LogP contribution < -0.4 is 0 Å². The van der Waals surface area contributed by atoms with E-state index in [1.165, 1.54) is 4.48 Å². The fourth-order valence-electron chi connectivity index (χ4n) is 0.786. The van der Waals surface area contributed by atoms with Crippen molar-refractivity contribution in [3.05, 3.63) is 10.7 Å². The molecule has 0 N–H and O–H groups in total. The first-order chi connectivity index (χ1) is 4.70. The molecule has 10 heavy (non-hydrogen) atoms. The summed E-state index contributed by atoms with van der Waals surface area (Å²) < 4.78 is 1.22. The summed E-state index contributed by atoms with van der Waals surface area (Å²) in [4.78, 5) is 0. The first kappa shape index (κ1) is 7.79. The quantitative estimate of drug-likeness (QED) is 0.589. The van der Waals surface area contributed by atoms with Gasteiger partial charge < -0.3 is 0 Å². The molecule has 0 saturated heterocycles. The van der Waals surface area contributed by atoms with Gasteiger partial charge in [0.25, 0.3) is 0 Å². The highest BCUT2D eigenvalue weighted by Gasteiger charge is 2.07. The van der Waals surface area contributed by atoms with E-state index in [4.69, 9.17) is 0 Å². The maximum atomic E-state index is 4.13. The molecule has 1 aliphatic heterocycles. The van der Waals surface area contributed by atoms with Crippen molar-refractivity contribution < 1.29 is 0 Å². The van der Waals surface area contributed by atoms with Crippen LogP contribution in [0.2, 0.25) is 0 Å². The number of hydrogen-bond donors (Lipinski definition) is 0. The van der Waals surface area contributed by atoms with Crippen molar-refractivity contribution >= 4 is 22.1 Å². The van der Waals surface area contributed by atoms with E-state index < -0.39 is 0 Å². The third-order valence-electron chi connectivity index (χ3n) is 1.50. The maximum absolute atomic E-state index is 4.13. The van der Waals surface area contributed by atoms with Crippen molar-refractivity contribution in [2.24, 2.45) is 11.0 Å². The Morgan fingerprint density at radius 1 is 1.80 bits per heavy atom. The fourth-order valence-corrected chi connectivity index (χ4v) is 1.27. The van der Waals surface area contributed by atoms with Gasteiger partial charge >= 0.3 is 0 Å². The highest BCUT2D eigenvalue weighted by molar-refractivity contribution is 9.11. The Hall–Kier alpha value is -0.310. The molecule has 0 aromatic rings. The second kappa shape index (κ2) is 3.19. The number of allylic oxidation sites excluding steroid dienone is 1. The minimum absolute atomic E-state index is 0.564. The van der Waals surface area contributed by atoms with Gasteiger partial charge in [0.15, 0.2) is 0 Å². The Bertz CT molecular complexity index is 174. The predicted octanol–water partition coefficient (Wildman–Crippen LogP) is 2.18. The summed E-state index contributed by atoms with van der Waals surface area (Å²) in [7, 11) is 1.93. The molecule has 1 atom stereocenters. The van der Waals surface area contributed by atoms with Gasteiger partial charge in [-0.05, 0) is 12.3 Å². The van der Waals surface area contributed by atoms with Crippen molar-refractivity contribution in [3.63, 3.8) is 0 Å². The van der Waals surface area contributed by atoms with Crippen molar-refractivity contribution in [1.29, 1.82) is 0 Å². The smallest absolute Gasteiger partial charge is 0.0332 e. The van der Waals surface area contributed by atoms with Crippen molar-refractivity contribution in [3.8, 4) is 0 Å². The van der Waals surface area contributed by atoms with Gasteiger partial charge in [-0.25, -0.2) is 0 Å². The average molecular weight is 203 g/mol. The van der Waals surface area contributed by atoms with Crippen molar-refractivity contribution in [2.45, 2.75) is 13.3 Å². The molecule has 0 aromatic heterocycles. The zero-order chi connectivity index (χ0) is 7.56. The summed E-state index contributed by atoms with van der Waals surface area (Å²) in [5, 5.41) is 5.94. The molecule has 0 radical (unpaired) electrons. The number of nitrogens with zero attached hydrogens (tertiary/aromatic N) is 2. The molecule has 1 aliphatic rings. The van der Waals surface area contributed by atoms with Gasteiger partial charge in [-0.3, -0.25) is 5.01 Å². The number of hydrazone groups is 1. The third-order valence-corrected chi connectivity index (χ3v) is 2.49.